The van der Waals surface area contributed by atoms with E-state index in [-0.39, 0.29) is 35.7 Å². The molecule has 2 saturated carbocycles. The minimum atomic E-state index is -0.761. The van der Waals surface area contributed by atoms with Crippen LogP contribution in [0, 0.1) is 17.8 Å². The molecule has 1 saturated heterocycles. The molecule has 6 nitrogen and oxygen atoms in total. The molecule has 26 heavy (non-hydrogen) atoms. The van der Waals surface area contributed by atoms with E-state index in [9.17, 15) is 14.4 Å². The molecule has 6 heteroatoms. The third-order valence-electron chi connectivity index (χ3n) is 6.17. The highest BCUT2D eigenvalue weighted by Crippen LogP contribution is 2.32. The van der Waals surface area contributed by atoms with E-state index in [0.29, 0.717) is 31.8 Å². The first kappa shape index (κ1) is 19.2. The van der Waals surface area contributed by atoms with Gasteiger partial charge in [-0.05, 0) is 51.4 Å². The molecule has 3 unspecified atom stereocenters. The predicted molar refractivity (Wildman–Crippen MR) is 97.1 cm³/mol. The monoisotopic (exact) mass is 364 g/mol. The van der Waals surface area contributed by atoms with Crippen molar-refractivity contribution in [3.8, 4) is 0 Å². The molecule has 1 heterocycles. The van der Waals surface area contributed by atoms with Gasteiger partial charge in [0.05, 0.1) is 5.92 Å². The summed E-state index contributed by atoms with van der Waals surface area (Å²) in [5, 5.41) is 3.05. The third kappa shape index (κ3) is 4.77. The van der Waals surface area contributed by atoms with Gasteiger partial charge in [-0.1, -0.05) is 19.8 Å². The zero-order valence-electron chi connectivity index (χ0n) is 16.0. The van der Waals surface area contributed by atoms with Crippen LogP contribution in [0.1, 0.15) is 65.2 Å². The normalized spacial score (nSPS) is 28.3. The summed E-state index contributed by atoms with van der Waals surface area (Å²) in [6.07, 6.45) is 7.01. The Kier molecular flexibility index (Phi) is 6.20. The van der Waals surface area contributed by atoms with Crippen molar-refractivity contribution in [2.24, 2.45) is 17.8 Å². The Morgan fingerprint density at radius 3 is 2.23 bits per heavy atom. The first-order chi connectivity index (χ1) is 12.5. The lowest BCUT2D eigenvalue weighted by atomic mass is 9.86. The predicted octanol–water partition coefficient (Wildman–Crippen LogP) is 2.26. The first-order valence-electron chi connectivity index (χ1n) is 10.3. The first-order valence-corrected chi connectivity index (χ1v) is 10.3. The van der Waals surface area contributed by atoms with Crippen LogP contribution in [0.3, 0.4) is 0 Å². The molecule has 0 aromatic rings. The molecular weight excluding hydrogens is 332 g/mol. The van der Waals surface area contributed by atoms with E-state index in [2.05, 4.69) is 12.2 Å². The number of hydrogen-bond acceptors (Lipinski definition) is 4. The largest absolute Gasteiger partial charge is 0.452 e. The van der Waals surface area contributed by atoms with Gasteiger partial charge in [-0.2, -0.15) is 0 Å². The van der Waals surface area contributed by atoms with Crippen molar-refractivity contribution in [3.63, 3.8) is 0 Å². The highest BCUT2D eigenvalue weighted by molar-refractivity contribution is 5.84. The Hall–Kier alpha value is -1.59. The fourth-order valence-electron chi connectivity index (χ4n) is 4.08. The van der Waals surface area contributed by atoms with E-state index >= 15 is 0 Å². The average molecular weight is 364 g/mol. The fourth-order valence-corrected chi connectivity index (χ4v) is 4.08. The standard InChI is InChI=1S/C20H32N2O4/c1-13-5-3-4-6-17(13)21-18(23)14(2)26-20(25)16-9-11-22(12-10-16)19(24)15-7-8-15/h13-17H,3-12H2,1-2H3,(H,21,23). The molecule has 0 bridgehead atoms. The molecule has 0 radical (unpaired) electrons. The second-order valence-electron chi connectivity index (χ2n) is 8.33. The van der Waals surface area contributed by atoms with Crippen molar-refractivity contribution >= 4 is 17.8 Å². The van der Waals surface area contributed by atoms with Crippen LogP contribution in [-0.2, 0) is 19.1 Å². The van der Waals surface area contributed by atoms with Crippen molar-refractivity contribution in [2.75, 3.05) is 13.1 Å². The number of carbonyl (C=O) groups is 3. The molecule has 0 aromatic carbocycles. The number of ether oxygens (including phenoxy) is 1. The minimum absolute atomic E-state index is 0.189. The van der Waals surface area contributed by atoms with Crippen molar-refractivity contribution in [1.29, 1.82) is 0 Å². The lowest BCUT2D eigenvalue weighted by molar-refractivity contribution is -0.161. The number of piperidine rings is 1. The summed E-state index contributed by atoms with van der Waals surface area (Å²) >= 11 is 0. The van der Waals surface area contributed by atoms with Crippen LogP contribution in [0.15, 0.2) is 0 Å². The van der Waals surface area contributed by atoms with Gasteiger partial charge >= 0.3 is 5.97 Å². The van der Waals surface area contributed by atoms with Crippen LogP contribution < -0.4 is 5.32 Å². The Bertz CT molecular complexity index is 538. The molecule has 3 fully saturated rings. The smallest absolute Gasteiger partial charge is 0.309 e. The van der Waals surface area contributed by atoms with E-state index in [0.717, 1.165) is 32.1 Å². The van der Waals surface area contributed by atoms with E-state index in [4.69, 9.17) is 4.74 Å². The van der Waals surface area contributed by atoms with Crippen molar-refractivity contribution < 1.29 is 19.1 Å². The maximum atomic E-state index is 12.4. The second-order valence-corrected chi connectivity index (χ2v) is 8.33. The van der Waals surface area contributed by atoms with Gasteiger partial charge in [0, 0.05) is 25.0 Å². The second kappa shape index (κ2) is 8.40. The Balaban J connectivity index is 1.41. The molecule has 3 rings (SSSR count). The molecule has 1 aliphatic heterocycles. The highest BCUT2D eigenvalue weighted by Gasteiger charge is 2.37. The Morgan fingerprint density at radius 1 is 0.962 bits per heavy atom. The Morgan fingerprint density at radius 2 is 1.62 bits per heavy atom. The number of likely N-dealkylation sites (tertiary alicyclic amines) is 1. The van der Waals surface area contributed by atoms with Crippen molar-refractivity contribution in [2.45, 2.75) is 77.4 Å². The van der Waals surface area contributed by atoms with E-state index in [1.165, 1.54) is 6.42 Å². The molecule has 1 N–H and O–H groups in total. The van der Waals surface area contributed by atoms with Crippen molar-refractivity contribution in [3.05, 3.63) is 0 Å². The summed E-state index contributed by atoms with van der Waals surface area (Å²) in [5.41, 5.74) is 0. The third-order valence-corrected chi connectivity index (χ3v) is 6.17. The summed E-state index contributed by atoms with van der Waals surface area (Å²) in [7, 11) is 0. The molecule has 3 atom stereocenters. The number of amides is 2. The molecule has 2 aliphatic carbocycles. The van der Waals surface area contributed by atoms with E-state index < -0.39 is 6.10 Å². The molecule has 2 amide bonds. The summed E-state index contributed by atoms with van der Waals surface area (Å²) in [6, 6.07) is 0.189. The summed E-state index contributed by atoms with van der Waals surface area (Å²) in [5.74, 6) is 0.239. The lowest BCUT2D eigenvalue weighted by Crippen LogP contribution is -2.47. The topological polar surface area (TPSA) is 75.7 Å². The summed E-state index contributed by atoms with van der Waals surface area (Å²) in [6.45, 7) is 5.05. The molecular formula is C20H32N2O4. The quantitative estimate of drug-likeness (QED) is 0.759. The van der Waals surface area contributed by atoms with Crippen LogP contribution in [0.5, 0.6) is 0 Å². The number of nitrogens with one attached hydrogen (secondary N) is 1. The SMILES string of the molecule is CC(OC(=O)C1CCN(C(=O)C2CC2)CC1)C(=O)NC1CCCCC1C. The summed E-state index contributed by atoms with van der Waals surface area (Å²) in [4.78, 5) is 38.7. The van der Waals surface area contributed by atoms with E-state index in [1.54, 1.807) is 6.92 Å². The number of nitrogens with zero attached hydrogens (tertiary/aromatic N) is 1. The van der Waals surface area contributed by atoms with Crippen LogP contribution >= 0.6 is 0 Å². The number of carbonyl (C=O) groups excluding carboxylic acids is 3. The number of rotatable bonds is 5. The number of hydrogen-bond donors (Lipinski definition) is 1. The minimum Gasteiger partial charge on any atom is -0.452 e. The van der Waals surface area contributed by atoms with Gasteiger partial charge in [-0.25, -0.2) is 0 Å². The maximum Gasteiger partial charge on any atom is 0.309 e. The molecule has 146 valence electrons. The zero-order chi connectivity index (χ0) is 18.7. The van der Waals surface area contributed by atoms with Crippen LogP contribution in [0.2, 0.25) is 0 Å². The van der Waals surface area contributed by atoms with Crippen LogP contribution in [0.4, 0.5) is 0 Å². The van der Waals surface area contributed by atoms with E-state index in [1.807, 2.05) is 4.90 Å². The fraction of sp³-hybridized carbons (Fsp3) is 0.850. The van der Waals surface area contributed by atoms with Gasteiger partial charge in [-0.3, -0.25) is 14.4 Å². The Labute approximate surface area is 156 Å². The molecule has 0 aromatic heterocycles. The lowest BCUT2D eigenvalue weighted by Gasteiger charge is -2.32. The zero-order valence-corrected chi connectivity index (χ0v) is 16.0. The van der Waals surface area contributed by atoms with Gasteiger partial charge in [0.15, 0.2) is 6.10 Å². The van der Waals surface area contributed by atoms with Gasteiger partial charge in [-0.15, -0.1) is 0 Å². The molecule has 0 spiro atoms. The van der Waals surface area contributed by atoms with Gasteiger partial charge in [0.25, 0.3) is 5.91 Å². The van der Waals surface area contributed by atoms with Crippen LogP contribution in [-0.4, -0.2) is 47.9 Å². The number of esters is 1. The van der Waals surface area contributed by atoms with Gasteiger partial charge < -0.3 is 15.0 Å². The van der Waals surface area contributed by atoms with Crippen LogP contribution in [0.25, 0.3) is 0 Å². The van der Waals surface area contributed by atoms with Crippen molar-refractivity contribution in [1.82, 2.24) is 10.2 Å². The maximum absolute atomic E-state index is 12.4. The summed E-state index contributed by atoms with van der Waals surface area (Å²) < 4.78 is 5.43. The van der Waals surface area contributed by atoms with Gasteiger partial charge in [0.1, 0.15) is 0 Å². The molecule has 3 aliphatic rings. The highest BCUT2D eigenvalue weighted by atomic mass is 16.5. The average Bonchev–Trinajstić information content (AvgIpc) is 3.48. The van der Waals surface area contributed by atoms with Gasteiger partial charge in [0.2, 0.25) is 5.91 Å².